The minimum atomic E-state index is 0.301. The highest BCUT2D eigenvalue weighted by molar-refractivity contribution is 7.99. The van der Waals surface area contributed by atoms with Crippen molar-refractivity contribution >= 4 is 18.2 Å². The summed E-state index contributed by atoms with van der Waals surface area (Å²) in [4.78, 5) is 12.4. The third kappa shape index (κ3) is 3.29. The van der Waals surface area contributed by atoms with Gasteiger partial charge in [0, 0.05) is 9.79 Å². The van der Waals surface area contributed by atoms with Crippen LogP contribution in [0.4, 0.5) is 0 Å². The van der Waals surface area contributed by atoms with Crippen LogP contribution in [-0.2, 0) is 4.79 Å². The first-order valence-corrected chi connectivity index (χ1v) is 6.60. The van der Waals surface area contributed by atoms with Crippen LogP contribution in [0, 0.1) is 13.8 Å². The standard InChI is InChI=1S/C15H14O3S/c1-10-7-12(3-5-14(10)17)19-13-4-6-15(18-9-16)11(2)8-13/h3-9,17H,1-2H3. The second kappa shape index (κ2) is 5.80. The highest BCUT2D eigenvalue weighted by atomic mass is 32.2. The fourth-order valence-corrected chi connectivity index (χ4v) is 2.71. The van der Waals surface area contributed by atoms with Crippen molar-refractivity contribution in [3.8, 4) is 11.5 Å². The van der Waals surface area contributed by atoms with Gasteiger partial charge in [-0.15, -0.1) is 0 Å². The summed E-state index contributed by atoms with van der Waals surface area (Å²) in [5.74, 6) is 0.872. The maximum atomic E-state index is 10.3. The maximum Gasteiger partial charge on any atom is 0.298 e. The van der Waals surface area contributed by atoms with Crippen molar-refractivity contribution in [3.63, 3.8) is 0 Å². The van der Waals surface area contributed by atoms with E-state index in [1.54, 1.807) is 23.9 Å². The minimum absolute atomic E-state index is 0.301. The van der Waals surface area contributed by atoms with Gasteiger partial charge >= 0.3 is 0 Å². The van der Waals surface area contributed by atoms with Crippen molar-refractivity contribution < 1.29 is 14.6 Å². The molecule has 0 saturated carbocycles. The van der Waals surface area contributed by atoms with Gasteiger partial charge < -0.3 is 9.84 Å². The molecular weight excluding hydrogens is 260 g/mol. The SMILES string of the molecule is Cc1cc(Sc2ccc(OC=O)c(C)c2)ccc1O. The molecule has 0 saturated heterocycles. The van der Waals surface area contributed by atoms with E-state index < -0.39 is 0 Å². The molecule has 1 N–H and O–H groups in total. The second-order valence-corrected chi connectivity index (χ2v) is 5.34. The number of carbonyl (C=O) groups is 1. The van der Waals surface area contributed by atoms with E-state index >= 15 is 0 Å². The van der Waals surface area contributed by atoms with E-state index in [0.717, 1.165) is 20.9 Å². The number of carbonyl (C=O) groups excluding carboxylic acids is 1. The molecular formula is C15H14O3S. The summed E-state index contributed by atoms with van der Waals surface area (Å²) in [7, 11) is 0. The molecule has 0 bridgehead atoms. The Labute approximate surface area is 116 Å². The molecule has 0 unspecified atom stereocenters. The zero-order valence-electron chi connectivity index (χ0n) is 10.7. The van der Waals surface area contributed by atoms with Crippen LogP contribution < -0.4 is 4.74 Å². The van der Waals surface area contributed by atoms with Crippen LogP contribution >= 0.6 is 11.8 Å². The number of benzene rings is 2. The van der Waals surface area contributed by atoms with Gasteiger partial charge in [0.25, 0.3) is 6.47 Å². The molecule has 0 spiro atoms. The largest absolute Gasteiger partial charge is 0.508 e. The zero-order valence-corrected chi connectivity index (χ0v) is 11.5. The lowest BCUT2D eigenvalue weighted by molar-refractivity contribution is -0.120. The van der Waals surface area contributed by atoms with Crippen molar-refractivity contribution in [2.45, 2.75) is 23.6 Å². The van der Waals surface area contributed by atoms with Gasteiger partial charge in [0.05, 0.1) is 0 Å². The Morgan fingerprint density at radius 1 is 1.05 bits per heavy atom. The molecule has 0 heterocycles. The Kier molecular flexibility index (Phi) is 4.12. The van der Waals surface area contributed by atoms with Crippen LogP contribution in [0.2, 0.25) is 0 Å². The third-order valence-electron chi connectivity index (χ3n) is 2.73. The summed E-state index contributed by atoms with van der Waals surface area (Å²) in [5.41, 5.74) is 1.76. The Morgan fingerprint density at radius 3 is 2.26 bits per heavy atom. The molecule has 0 amide bonds. The summed E-state index contributed by atoms with van der Waals surface area (Å²) in [6.07, 6.45) is 0. The van der Waals surface area contributed by atoms with Crippen molar-refractivity contribution in [3.05, 3.63) is 47.5 Å². The average Bonchev–Trinajstić information content (AvgIpc) is 2.37. The van der Waals surface area contributed by atoms with Crippen LogP contribution in [0.25, 0.3) is 0 Å². The third-order valence-corrected chi connectivity index (χ3v) is 3.70. The van der Waals surface area contributed by atoms with Crippen molar-refractivity contribution in [2.24, 2.45) is 0 Å². The van der Waals surface area contributed by atoms with Crippen LogP contribution in [0.5, 0.6) is 11.5 Å². The van der Waals surface area contributed by atoms with Crippen LogP contribution in [0.3, 0.4) is 0 Å². The molecule has 0 atom stereocenters. The molecule has 19 heavy (non-hydrogen) atoms. The fraction of sp³-hybridized carbons (Fsp3) is 0.133. The molecule has 2 rings (SSSR count). The molecule has 2 aromatic carbocycles. The summed E-state index contributed by atoms with van der Waals surface area (Å²) >= 11 is 1.60. The number of hydrogen-bond donors (Lipinski definition) is 1. The maximum absolute atomic E-state index is 10.3. The summed E-state index contributed by atoms with van der Waals surface area (Å²) in [6, 6.07) is 11.1. The van der Waals surface area contributed by atoms with Crippen molar-refractivity contribution in [1.82, 2.24) is 0 Å². The van der Waals surface area contributed by atoms with E-state index in [1.807, 2.05) is 38.1 Å². The highest BCUT2D eigenvalue weighted by Gasteiger charge is 2.04. The molecule has 0 aromatic heterocycles. The van der Waals surface area contributed by atoms with E-state index in [-0.39, 0.29) is 0 Å². The summed E-state index contributed by atoms with van der Waals surface area (Å²) in [6.45, 7) is 4.19. The fourth-order valence-electron chi connectivity index (χ4n) is 1.70. The zero-order chi connectivity index (χ0) is 13.8. The molecule has 98 valence electrons. The lowest BCUT2D eigenvalue weighted by atomic mass is 10.2. The average molecular weight is 274 g/mol. The highest BCUT2D eigenvalue weighted by Crippen LogP contribution is 2.33. The first-order chi connectivity index (χ1) is 9.10. The van der Waals surface area contributed by atoms with Gasteiger partial charge in [0.15, 0.2) is 0 Å². The number of hydrogen-bond acceptors (Lipinski definition) is 4. The number of aromatic hydroxyl groups is 1. The Balaban J connectivity index is 2.21. The summed E-state index contributed by atoms with van der Waals surface area (Å²) in [5, 5.41) is 9.49. The Bertz CT molecular complexity index is 608. The van der Waals surface area contributed by atoms with Crippen LogP contribution in [0.1, 0.15) is 11.1 Å². The Hall–Kier alpha value is -1.94. The molecule has 0 radical (unpaired) electrons. The topological polar surface area (TPSA) is 46.5 Å². The van der Waals surface area contributed by atoms with E-state index in [1.165, 1.54) is 0 Å². The number of ether oxygens (including phenoxy) is 1. The Morgan fingerprint density at radius 2 is 1.68 bits per heavy atom. The van der Waals surface area contributed by atoms with Gasteiger partial charge in [-0.25, -0.2) is 0 Å². The van der Waals surface area contributed by atoms with Crippen molar-refractivity contribution in [2.75, 3.05) is 0 Å². The van der Waals surface area contributed by atoms with Gasteiger partial charge in [-0.2, -0.15) is 0 Å². The monoisotopic (exact) mass is 274 g/mol. The van der Waals surface area contributed by atoms with Gasteiger partial charge in [0.2, 0.25) is 0 Å². The van der Waals surface area contributed by atoms with E-state index in [2.05, 4.69) is 0 Å². The van der Waals surface area contributed by atoms with Crippen LogP contribution in [-0.4, -0.2) is 11.6 Å². The van der Waals surface area contributed by atoms with Crippen molar-refractivity contribution in [1.29, 1.82) is 0 Å². The van der Waals surface area contributed by atoms with Gasteiger partial charge in [-0.05, 0) is 61.4 Å². The number of phenols is 1. The lowest BCUT2D eigenvalue weighted by Crippen LogP contribution is -1.91. The minimum Gasteiger partial charge on any atom is -0.508 e. The van der Waals surface area contributed by atoms with E-state index in [9.17, 15) is 9.90 Å². The van der Waals surface area contributed by atoms with Gasteiger partial charge in [-0.3, -0.25) is 4.79 Å². The molecule has 0 aliphatic carbocycles. The number of phenolic OH excluding ortho intramolecular Hbond substituents is 1. The predicted molar refractivity (Wildman–Crippen MR) is 74.8 cm³/mol. The first-order valence-electron chi connectivity index (χ1n) is 5.78. The predicted octanol–water partition coefficient (Wildman–Crippen LogP) is 3.70. The smallest absolute Gasteiger partial charge is 0.298 e. The molecule has 2 aromatic rings. The van der Waals surface area contributed by atoms with Gasteiger partial charge in [-0.1, -0.05) is 11.8 Å². The molecule has 3 nitrogen and oxygen atoms in total. The van der Waals surface area contributed by atoms with E-state index in [4.69, 9.17) is 4.74 Å². The number of rotatable bonds is 4. The molecule has 0 aliphatic rings. The summed E-state index contributed by atoms with van der Waals surface area (Å²) < 4.78 is 4.85. The quantitative estimate of drug-likeness (QED) is 0.864. The van der Waals surface area contributed by atoms with E-state index in [0.29, 0.717) is 18.0 Å². The van der Waals surface area contributed by atoms with Gasteiger partial charge in [0.1, 0.15) is 11.5 Å². The molecule has 0 fully saturated rings. The lowest BCUT2D eigenvalue weighted by Gasteiger charge is -2.07. The number of aryl methyl sites for hydroxylation is 2. The second-order valence-electron chi connectivity index (χ2n) is 4.19. The molecule has 0 aliphatic heterocycles. The first kappa shape index (κ1) is 13.5. The normalized spacial score (nSPS) is 10.2. The van der Waals surface area contributed by atoms with Crippen LogP contribution in [0.15, 0.2) is 46.2 Å². The molecule has 4 heteroatoms.